The largest absolute Gasteiger partial charge is 0.297 e. The quantitative estimate of drug-likeness (QED) is 0.109. The Morgan fingerprint density at radius 2 is 0.800 bits per heavy atom. The molecule has 0 aromatic heterocycles. The minimum atomic E-state index is -1.85. The van der Waals surface area contributed by atoms with Crippen LogP contribution in [-0.4, -0.2) is 22.9 Å². The molecule has 0 bridgehead atoms. The Balaban J connectivity index is 5.05. The summed E-state index contributed by atoms with van der Waals surface area (Å²) in [5, 5.41) is 0. The van der Waals surface area contributed by atoms with E-state index in [9.17, 15) is 14.4 Å². The van der Waals surface area contributed by atoms with Crippen LogP contribution in [0.4, 0.5) is 0 Å². The molecule has 30 heavy (non-hydrogen) atoms. The molecule has 0 aromatic rings. The Morgan fingerprint density at radius 1 is 0.533 bits per heavy atom. The molecule has 0 heterocycles. The SMILES string of the molecule is CCCCCCCC(=O)C(NCl)(C(=O)CCCCCCC)C(=O)CCCCCCC. The lowest BCUT2D eigenvalue weighted by Crippen LogP contribution is -2.60. The molecule has 176 valence electrons. The van der Waals surface area contributed by atoms with E-state index in [2.05, 4.69) is 25.6 Å². The van der Waals surface area contributed by atoms with E-state index in [0.717, 1.165) is 77.0 Å². The lowest BCUT2D eigenvalue weighted by Gasteiger charge is -2.28. The first kappa shape index (κ1) is 29.3. The number of carbonyl (C=O) groups excluding carboxylic acids is 3. The van der Waals surface area contributed by atoms with Crippen molar-refractivity contribution in [3.05, 3.63) is 0 Å². The van der Waals surface area contributed by atoms with Crippen LogP contribution in [0.15, 0.2) is 0 Å². The van der Waals surface area contributed by atoms with Crippen LogP contribution >= 0.6 is 11.8 Å². The maximum absolute atomic E-state index is 13.1. The molecular formula is C25H46ClNO3. The molecule has 5 heteroatoms. The summed E-state index contributed by atoms with van der Waals surface area (Å²) in [6.45, 7) is 6.43. The standard InChI is InChI=1S/C25H46ClNO3/c1-4-7-10-13-16-19-22(28)25(27-26,23(29)20-17-14-11-8-5-2)24(30)21-18-15-12-9-6-3/h27H,4-21H2,1-3H3. The Hall–Kier alpha value is -0.740. The second kappa shape index (κ2) is 19.0. The van der Waals surface area contributed by atoms with Crippen LogP contribution in [0.2, 0.25) is 0 Å². The maximum atomic E-state index is 13.1. The third-order valence-corrected chi connectivity index (χ3v) is 6.20. The van der Waals surface area contributed by atoms with Crippen molar-refractivity contribution in [2.75, 3.05) is 0 Å². The third kappa shape index (κ3) is 11.0. The molecule has 0 radical (unpaired) electrons. The second-order valence-corrected chi connectivity index (χ2v) is 8.80. The molecule has 0 rings (SSSR count). The molecule has 0 unspecified atom stereocenters. The van der Waals surface area contributed by atoms with Crippen molar-refractivity contribution in [1.82, 2.24) is 4.84 Å². The van der Waals surface area contributed by atoms with Gasteiger partial charge in [0.25, 0.3) is 0 Å². The summed E-state index contributed by atoms with van der Waals surface area (Å²) >= 11 is 5.98. The smallest absolute Gasteiger partial charge is 0.208 e. The Kier molecular flexibility index (Phi) is 18.5. The molecule has 0 saturated heterocycles. The van der Waals surface area contributed by atoms with Crippen molar-refractivity contribution < 1.29 is 14.4 Å². The zero-order valence-corrected chi connectivity index (χ0v) is 20.6. The van der Waals surface area contributed by atoms with Gasteiger partial charge in [-0.3, -0.25) is 14.4 Å². The van der Waals surface area contributed by atoms with E-state index >= 15 is 0 Å². The van der Waals surface area contributed by atoms with E-state index in [0.29, 0.717) is 19.3 Å². The van der Waals surface area contributed by atoms with Gasteiger partial charge in [0.05, 0.1) is 0 Å². The summed E-state index contributed by atoms with van der Waals surface area (Å²) in [4.78, 5) is 41.7. The minimum absolute atomic E-state index is 0.229. The van der Waals surface area contributed by atoms with Crippen LogP contribution in [0, 0.1) is 0 Å². The van der Waals surface area contributed by atoms with Gasteiger partial charge in [0.2, 0.25) is 5.54 Å². The summed E-state index contributed by atoms with van der Waals surface area (Å²) in [5.74, 6) is -1.02. The van der Waals surface area contributed by atoms with Crippen molar-refractivity contribution in [2.45, 2.75) is 142 Å². The topological polar surface area (TPSA) is 63.2 Å². The molecule has 0 atom stereocenters. The summed E-state index contributed by atoms with van der Waals surface area (Å²) in [5.41, 5.74) is -1.85. The number of halogens is 1. The van der Waals surface area contributed by atoms with Gasteiger partial charge in [-0.2, -0.15) is 0 Å². The van der Waals surface area contributed by atoms with Gasteiger partial charge in [0.15, 0.2) is 17.3 Å². The van der Waals surface area contributed by atoms with Crippen molar-refractivity contribution in [3.8, 4) is 0 Å². The molecule has 0 aliphatic heterocycles. The fourth-order valence-electron chi connectivity index (χ4n) is 3.85. The van der Waals surface area contributed by atoms with Gasteiger partial charge < -0.3 is 0 Å². The molecule has 0 saturated carbocycles. The van der Waals surface area contributed by atoms with Gasteiger partial charge in [0, 0.05) is 19.3 Å². The lowest BCUT2D eigenvalue weighted by molar-refractivity contribution is -0.143. The number of Topliss-reactive ketones (excluding diaryl/α,β-unsaturated/α-hetero) is 3. The second-order valence-electron chi connectivity index (χ2n) is 8.61. The highest BCUT2D eigenvalue weighted by Crippen LogP contribution is 2.23. The first-order chi connectivity index (χ1) is 14.5. The summed E-state index contributed by atoms with van der Waals surface area (Å²) in [6.07, 6.45) is 15.6. The predicted octanol–water partition coefficient (Wildman–Crippen LogP) is 7.26. The Labute approximate surface area is 190 Å². The zero-order valence-electron chi connectivity index (χ0n) is 19.8. The van der Waals surface area contributed by atoms with Crippen molar-refractivity contribution in [3.63, 3.8) is 0 Å². The van der Waals surface area contributed by atoms with Gasteiger partial charge in [0.1, 0.15) is 0 Å². The number of hydrogen-bond donors (Lipinski definition) is 1. The molecule has 1 N–H and O–H groups in total. The summed E-state index contributed by atoms with van der Waals surface area (Å²) < 4.78 is 0. The number of hydrogen-bond acceptors (Lipinski definition) is 4. The lowest BCUT2D eigenvalue weighted by atomic mass is 9.79. The Morgan fingerprint density at radius 3 is 1.03 bits per heavy atom. The molecule has 0 amide bonds. The van der Waals surface area contributed by atoms with Crippen LogP contribution in [0.3, 0.4) is 0 Å². The summed E-state index contributed by atoms with van der Waals surface area (Å²) in [7, 11) is 0. The van der Waals surface area contributed by atoms with E-state index in [1.54, 1.807) is 0 Å². The highest BCUT2D eigenvalue weighted by molar-refractivity contribution is 6.34. The number of nitrogens with one attached hydrogen (secondary N) is 1. The van der Waals surface area contributed by atoms with Gasteiger partial charge in [-0.15, -0.1) is 0 Å². The van der Waals surface area contributed by atoms with Crippen molar-refractivity contribution in [2.24, 2.45) is 0 Å². The minimum Gasteiger partial charge on any atom is -0.297 e. The number of rotatable bonds is 22. The summed E-state index contributed by atoms with van der Waals surface area (Å²) in [6, 6.07) is 0. The van der Waals surface area contributed by atoms with Crippen molar-refractivity contribution in [1.29, 1.82) is 0 Å². The molecule has 0 aliphatic rings. The van der Waals surface area contributed by atoms with Crippen LogP contribution in [-0.2, 0) is 14.4 Å². The van der Waals surface area contributed by atoms with Crippen LogP contribution < -0.4 is 4.84 Å². The van der Waals surface area contributed by atoms with E-state index in [-0.39, 0.29) is 36.6 Å². The van der Waals surface area contributed by atoms with Crippen LogP contribution in [0.1, 0.15) is 136 Å². The van der Waals surface area contributed by atoms with Crippen molar-refractivity contribution >= 4 is 29.1 Å². The van der Waals surface area contributed by atoms with E-state index in [4.69, 9.17) is 11.8 Å². The molecule has 0 aliphatic carbocycles. The molecule has 0 spiro atoms. The fraction of sp³-hybridized carbons (Fsp3) is 0.880. The Bertz CT molecular complexity index is 414. The molecule has 0 aromatic carbocycles. The van der Waals surface area contributed by atoms with Crippen LogP contribution in [0.25, 0.3) is 0 Å². The number of carbonyl (C=O) groups is 3. The normalized spacial score (nSPS) is 11.6. The highest BCUT2D eigenvalue weighted by Gasteiger charge is 2.49. The first-order valence-electron chi connectivity index (χ1n) is 12.5. The van der Waals surface area contributed by atoms with E-state index in [1.807, 2.05) is 0 Å². The zero-order chi connectivity index (χ0) is 22.7. The highest BCUT2D eigenvalue weighted by atomic mass is 35.5. The van der Waals surface area contributed by atoms with Gasteiger partial charge >= 0.3 is 0 Å². The van der Waals surface area contributed by atoms with Crippen LogP contribution in [0.5, 0.6) is 0 Å². The average Bonchev–Trinajstić information content (AvgIpc) is 2.74. The van der Waals surface area contributed by atoms with Gasteiger partial charge in [-0.25, -0.2) is 4.84 Å². The fourth-order valence-corrected chi connectivity index (χ4v) is 4.17. The third-order valence-electron chi connectivity index (χ3n) is 5.92. The van der Waals surface area contributed by atoms with E-state index in [1.165, 1.54) is 0 Å². The number of unbranched alkanes of at least 4 members (excludes halogenated alkanes) is 12. The number of ketones is 3. The molecule has 0 fully saturated rings. The first-order valence-corrected chi connectivity index (χ1v) is 12.9. The predicted molar refractivity (Wildman–Crippen MR) is 127 cm³/mol. The van der Waals surface area contributed by atoms with Gasteiger partial charge in [-0.1, -0.05) is 97.8 Å². The maximum Gasteiger partial charge on any atom is 0.208 e. The molecular weight excluding hydrogens is 398 g/mol. The molecule has 4 nitrogen and oxygen atoms in total. The van der Waals surface area contributed by atoms with E-state index < -0.39 is 5.54 Å². The average molecular weight is 444 g/mol. The van der Waals surface area contributed by atoms with Gasteiger partial charge in [-0.05, 0) is 31.0 Å². The monoisotopic (exact) mass is 443 g/mol.